The Morgan fingerprint density at radius 1 is 0.786 bits per heavy atom. The van der Waals surface area contributed by atoms with Crippen LogP contribution in [0.1, 0.15) is 89.4 Å². The predicted molar refractivity (Wildman–Crippen MR) is 108 cm³/mol. The molecule has 0 radical (unpaired) electrons. The Labute approximate surface area is 169 Å². The van der Waals surface area contributed by atoms with Gasteiger partial charge in [0.2, 0.25) is 0 Å². The largest absolute Gasteiger partial charge is 0.348 e. The molecule has 1 saturated carbocycles. The molecule has 1 heterocycles. The second-order valence-corrected chi connectivity index (χ2v) is 8.85. The first-order valence-electron chi connectivity index (χ1n) is 11.3. The molecule has 0 unspecified atom stereocenters. The topological polar surface area (TPSA) is 18.5 Å². The summed E-state index contributed by atoms with van der Waals surface area (Å²) in [6.45, 7) is 3.54. The number of unbranched alkanes of at least 4 members (excludes halogenated alkanes) is 3. The molecule has 0 amide bonds. The van der Waals surface area contributed by atoms with E-state index in [1.54, 1.807) is 0 Å². The number of hydrogen-bond acceptors (Lipinski definition) is 2. The van der Waals surface area contributed by atoms with E-state index >= 15 is 0 Å². The zero-order chi connectivity index (χ0) is 19.8. The van der Waals surface area contributed by atoms with Crippen molar-refractivity contribution in [3.63, 3.8) is 0 Å². The number of ether oxygens (including phenoxy) is 2. The minimum absolute atomic E-state index is 0.410. The summed E-state index contributed by atoms with van der Waals surface area (Å²) in [7, 11) is 0. The molecule has 1 saturated heterocycles. The lowest BCUT2D eigenvalue weighted by atomic mass is 9.77. The second-order valence-electron chi connectivity index (χ2n) is 8.85. The van der Waals surface area contributed by atoms with Crippen molar-refractivity contribution in [1.29, 1.82) is 0 Å². The van der Waals surface area contributed by atoms with E-state index in [4.69, 9.17) is 9.47 Å². The Morgan fingerprint density at radius 3 is 2.07 bits per heavy atom. The third-order valence-electron chi connectivity index (χ3n) is 6.60. The van der Waals surface area contributed by atoms with Crippen LogP contribution in [0.4, 0.5) is 8.78 Å². The Hall–Kier alpha value is -1.00. The maximum atomic E-state index is 13.4. The Kier molecular flexibility index (Phi) is 8.72. The van der Waals surface area contributed by atoms with Crippen molar-refractivity contribution in [3.8, 4) is 0 Å². The molecule has 0 atom stereocenters. The van der Waals surface area contributed by atoms with Crippen LogP contribution in [0, 0.1) is 29.4 Å². The van der Waals surface area contributed by atoms with Gasteiger partial charge in [-0.05, 0) is 30.4 Å². The van der Waals surface area contributed by atoms with Crippen LogP contribution < -0.4 is 0 Å². The van der Waals surface area contributed by atoms with Gasteiger partial charge in [0.25, 0.3) is 0 Å². The van der Waals surface area contributed by atoms with Crippen molar-refractivity contribution in [2.75, 3.05) is 13.2 Å². The predicted octanol–water partition coefficient (Wildman–Crippen LogP) is 7.18. The first-order valence-corrected chi connectivity index (χ1v) is 11.3. The lowest BCUT2D eigenvalue weighted by molar-refractivity contribution is -0.206. The van der Waals surface area contributed by atoms with E-state index in [9.17, 15) is 8.78 Å². The molecule has 1 aliphatic heterocycles. The van der Waals surface area contributed by atoms with Crippen LogP contribution in [0.2, 0.25) is 0 Å². The molecular formula is C24H36F2O2. The highest BCUT2D eigenvalue weighted by atomic mass is 19.2. The molecule has 0 spiro atoms. The van der Waals surface area contributed by atoms with Crippen LogP contribution in [-0.4, -0.2) is 13.2 Å². The zero-order valence-electron chi connectivity index (χ0n) is 17.3. The van der Waals surface area contributed by atoms with Gasteiger partial charge in [0.1, 0.15) is 0 Å². The summed E-state index contributed by atoms with van der Waals surface area (Å²) in [6, 6.07) is 3.83. The van der Waals surface area contributed by atoms with E-state index in [-0.39, 0.29) is 0 Å². The van der Waals surface area contributed by atoms with Gasteiger partial charge in [-0.25, -0.2) is 8.78 Å². The fourth-order valence-corrected chi connectivity index (χ4v) is 4.70. The summed E-state index contributed by atoms with van der Waals surface area (Å²) in [5.41, 5.74) is 0.551. The van der Waals surface area contributed by atoms with Crippen LogP contribution in [0.3, 0.4) is 0 Å². The summed E-state index contributed by atoms with van der Waals surface area (Å²) in [4.78, 5) is 0. The van der Waals surface area contributed by atoms with Crippen LogP contribution in [0.15, 0.2) is 18.2 Å². The van der Waals surface area contributed by atoms with Crippen LogP contribution >= 0.6 is 0 Å². The Balaban J connectivity index is 1.30. The monoisotopic (exact) mass is 394 g/mol. The lowest BCUT2D eigenvalue weighted by Crippen LogP contribution is -2.28. The molecule has 1 aromatic rings. The van der Waals surface area contributed by atoms with Gasteiger partial charge in [-0.1, -0.05) is 77.2 Å². The van der Waals surface area contributed by atoms with E-state index in [1.807, 2.05) is 0 Å². The Bertz CT molecular complexity index is 576. The lowest BCUT2D eigenvalue weighted by Gasteiger charge is -2.32. The summed E-state index contributed by atoms with van der Waals surface area (Å²) >= 11 is 0. The third kappa shape index (κ3) is 6.52. The molecule has 2 nitrogen and oxygen atoms in total. The van der Waals surface area contributed by atoms with Gasteiger partial charge in [-0.3, -0.25) is 0 Å². The number of benzene rings is 1. The van der Waals surface area contributed by atoms with Crippen LogP contribution in [0.25, 0.3) is 0 Å². The van der Waals surface area contributed by atoms with Gasteiger partial charge in [-0.15, -0.1) is 0 Å². The highest BCUT2D eigenvalue weighted by Gasteiger charge is 2.26. The van der Waals surface area contributed by atoms with Crippen molar-refractivity contribution >= 4 is 0 Å². The molecule has 0 N–H and O–H groups in total. The standard InChI is InChI=1S/C24H36F2O2/c1-2-3-4-5-6-18-7-9-19(10-8-18)11-12-20-16-27-24(28-17-20)21-13-14-22(25)23(26)15-21/h13-15,18-20,24H,2-12,16-17H2,1H3/t18-,19-,20-,24-. The average molecular weight is 395 g/mol. The molecule has 2 aliphatic rings. The van der Waals surface area contributed by atoms with Crippen molar-refractivity contribution in [1.82, 2.24) is 0 Å². The van der Waals surface area contributed by atoms with Crippen molar-refractivity contribution in [3.05, 3.63) is 35.4 Å². The zero-order valence-corrected chi connectivity index (χ0v) is 17.3. The van der Waals surface area contributed by atoms with E-state index in [2.05, 4.69) is 6.92 Å². The molecule has 0 bridgehead atoms. The molecule has 2 fully saturated rings. The molecule has 158 valence electrons. The molecule has 3 rings (SSSR count). The average Bonchev–Trinajstić information content (AvgIpc) is 2.73. The van der Waals surface area contributed by atoms with Crippen molar-refractivity contribution in [2.24, 2.45) is 17.8 Å². The summed E-state index contributed by atoms with van der Waals surface area (Å²) in [5.74, 6) is 0.538. The van der Waals surface area contributed by atoms with E-state index in [0.29, 0.717) is 24.7 Å². The Morgan fingerprint density at radius 2 is 1.43 bits per heavy atom. The molecule has 1 aromatic carbocycles. The van der Waals surface area contributed by atoms with Gasteiger partial charge in [0.05, 0.1) is 13.2 Å². The molecule has 1 aliphatic carbocycles. The van der Waals surface area contributed by atoms with E-state index < -0.39 is 17.9 Å². The second kappa shape index (κ2) is 11.3. The quantitative estimate of drug-likeness (QED) is 0.413. The molecule has 0 aromatic heterocycles. The van der Waals surface area contributed by atoms with Gasteiger partial charge in [0.15, 0.2) is 17.9 Å². The fraction of sp³-hybridized carbons (Fsp3) is 0.750. The van der Waals surface area contributed by atoms with Gasteiger partial charge < -0.3 is 9.47 Å². The highest BCUT2D eigenvalue weighted by Crippen LogP contribution is 2.36. The molecule has 4 heteroatoms. The molecule has 28 heavy (non-hydrogen) atoms. The highest BCUT2D eigenvalue weighted by molar-refractivity contribution is 5.19. The first kappa shape index (κ1) is 21.7. The van der Waals surface area contributed by atoms with Crippen molar-refractivity contribution < 1.29 is 18.3 Å². The minimum atomic E-state index is -0.854. The van der Waals surface area contributed by atoms with Gasteiger partial charge in [0, 0.05) is 11.5 Å². The van der Waals surface area contributed by atoms with Crippen molar-refractivity contribution in [2.45, 2.75) is 83.8 Å². The normalized spacial score (nSPS) is 28.4. The third-order valence-corrected chi connectivity index (χ3v) is 6.60. The SMILES string of the molecule is CCCCCC[C@H]1CC[C@H](CC[C@H]2CO[C@H](c3ccc(F)c(F)c3)OC2)CC1. The number of halogens is 2. The smallest absolute Gasteiger partial charge is 0.183 e. The minimum Gasteiger partial charge on any atom is -0.348 e. The van der Waals surface area contributed by atoms with E-state index in [1.165, 1.54) is 76.3 Å². The summed E-state index contributed by atoms with van der Waals surface area (Å²) in [6.07, 6.45) is 14.4. The van der Waals surface area contributed by atoms with Gasteiger partial charge in [-0.2, -0.15) is 0 Å². The maximum Gasteiger partial charge on any atom is 0.183 e. The maximum absolute atomic E-state index is 13.4. The summed E-state index contributed by atoms with van der Waals surface area (Å²) < 4.78 is 38.0. The van der Waals surface area contributed by atoms with E-state index in [0.717, 1.165) is 24.3 Å². The van der Waals surface area contributed by atoms with Crippen LogP contribution in [-0.2, 0) is 9.47 Å². The fourth-order valence-electron chi connectivity index (χ4n) is 4.70. The molecular weight excluding hydrogens is 358 g/mol. The number of rotatable bonds is 9. The first-order chi connectivity index (χ1) is 13.7. The summed E-state index contributed by atoms with van der Waals surface area (Å²) in [5, 5.41) is 0. The number of hydrogen-bond donors (Lipinski definition) is 0. The van der Waals surface area contributed by atoms with Crippen LogP contribution in [0.5, 0.6) is 0 Å². The van der Waals surface area contributed by atoms with Gasteiger partial charge >= 0.3 is 0 Å².